The van der Waals surface area contributed by atoms with Crippen LogP contribution in [0.1, 0.15) is 30.4 Å². The Labute approximate surface area is 211 Å². The second-order valence-corrected chi connectivity index (χ2v) is 9.83. The number of hydrogen-bond acceptors (Lipinski definition) is 8. The zero-order valence-corrected chi connectivity index (χ0v) is 21.0. The van der Waals surface area contributed by atoms with Crippen LogP contribution in [-0.4, -0.2) is 65.8 Å². The third kappa shape index (κ3) is 5.67. The van der Waals surface area contributed by atoms with Crippen LogP contribution in [-0.2, 0) is 11.3 Å². The van der Waals surface area contributed by atoms with E-state index >= 15 is 0 Å². The Hall–Kier alpha value is -3.46. The minimum absolute atomic E-state index is 0.0285. The summed E-state index contributed by atoms with van der Waals surface area (Å²) in [6.45, 7) is 7.34. The van der Waals surface area contributed by atoms with E-state index in [1.54, 1.807) is 7.11 Å². The van der Waals surface area contributed by atoms with Crippen molar-refractivity contribution in [2.24, 2.45) is 11.8 Å². The summed E-state index contributed by atoms with van der Waals surface area (Å²) in [5.41, 5.74) is 3.44. The monoisotopic (exact) mass is 490 g/mol. The molecule has 0 spiro atoms. The lowest BCUT2D eigenvalue weighted by Crippen LogP contribution is -2.42. The fourth-order valence-corrected chi connectivity index (χ4v) is 5.05. The maximum absolute atomic E-state index is 12.8. The van der Waals surface area contributed by atoms with Crippen molar-refractivity contribution in [2.75, 3.05) is 44.7 Å². The van der Waals surface area contributed by atoms with E-state index in [1.165, 1.54) is 11.1 Å². The first-order valence-corrected chi connectivity index (χ1v) is 12.7. The van der Waals surface area contributed by atoms with Crippen molar-refractivity contribution >= 4 is 11.9 Å². The second-order valence-electron chi connectivity index (χ2n) is 9.83. The zero-order valence-electron chi connectivity index (χ0n) is 21.0. The number of aromatic nitrogens is 3. The quantitative estimate of drug-likeness (QED) is 0.514. The molecule has 0 aliphatic carbocycles. The van der Waals surface area contributed by atoms with Gasteiger partial charge in [0.2, 0.25) is 11.7 Å². The van der Waals surface area contributed by atoms with Crippen LogP contribution in [0.3, 0.4) is 0 Å². The summed E-state index contributed by atoms with van der Waals surface area (Å²) in [5, 5.41) is 7.35. The van der Waals surface area contributed by atoms with Crippen molar-refractivity contribution in [1.82, 2.24) is 25.3 Å². The fraction of sp³-hybridized carbons (Fsp3) is 0.481. The fourth-order valence-electron chi connectivity index (χ4n) is 5.05. The molecule has 1 unspecified atom stereocenters. The van der Waals surface area contributed by atoms with Gasteiger partial charge in [-0.15, -0.1) is 0 Å². The summed E-state index contributed by atoms with van der Waals surface area (Å²) in [5.74, 6) is 2.03. The van der Waals surface area contributed by atoms with E-state index in [0.29, 0.717) is 17.8 Å². The lowest BCUT2D eigenvalue weighted by Gasteiger charge is -2.30. The van der Waals surface area contributed by atoms with Crippen LogP contribution in [0.5, 0.6) is 5.75 Å². The van der Waals surface area contributed by atoms with Gasteiger partial charge in [-0.3, -0.25) is 14.7 Å². The van der Waals surface area contributed by atoms with E-state index in [4.69, 9.17) is 9.26 Å². The van der Waals surface area contributed by atoms with E-state index in [0.717, 1.165) is 69.8 Å². The van der Waals surface area contributed by atoms with E-state index in [2.05, 4.69) is 43.2 Å². The van der Waals surface area contributed by atoms with Gasteiger partial charge < -0.3 is 19.5 Å². The number of nitrogens with one attached hydrogen (secondary N) is 1. The standard InChI is InChI=1S/C27H34N6O3/c1-19-7-11-28-16-23(19)18-32-12-8-20(17-32)15-29-26(34)22-9-13-33(14-10-22)27-30-25(31-36-27)21-3-5-24(35-2)6-4-21/h3-7,11,16,20,22H,8-10,12-15,17-18H2,1-2H3,(H,29,34). The van der Waals surface area contributed by atoms with Gasteiger partial charge in [0.25, 0.3) is 0 Å². The van der Waals surface area contributed by atoms with E-state index < -0.39 is 0 Å². The Balaban J connectivity index is 1.05. The normalized spacial score (nSPS) is 18.9. The molecule has 9 heteroatoms. The van der Waals surface area contributed by atoms with Gasteiger partial charge in [0.15, 0.2) is 0 Å². The highest BCUT2D eigenvalue weighted by atomic mass is 16.5. The molecule has 0 saturated carbocycles. The smallest absolute Gasteiger partial charge is 0.324 e. The van der Waals surface area contributed by atoms with Gasteiger partial charge in [0.1, 0.15) is 5.75 Å². The lowest BCUT2D eigenvalue weighted by atomic mass is 9.96. The van der Waals surface area contributed by atoms with Crippen LogP contribution in [0, 0.1) is 18.8 Å². The molecule has 2 saturated heterocycles. The Morgan fingerprint density at radius 1 is 1.14 bits per heavy atom. The minimum atomic E-state index is 0.0285. The number of anilines is 1. The molecule has 190 valence electrons. The molecule has 2 aromatic heterocycles. The van der Waals surface area contributed by atoms with Crippen molar-refractivity contribution in [2.45, 2.75) is 32.7 Å². The number of hydrogen-bond donors (Lipinski definition) is 1. The average Bonchev–Trinajstić information content (AvgIpc) is 3.59. The Kier molecular flexibility index (Phi) is 7.46. The average molecular weight is 491 g/mol. The van der Waals surface area contributed by atoms with Crippen molar-refractivity contribution < 1.29 is 14.1 Å². The highest BCUT2D eigenvalue weighted by Gasteiger charge is 2.29. The predicted octanol–water partition coefficient (Wildman–Crippen LogP) is 3.30. The number of carbonyl (C=O) groups is 1. The summed E-state index contributed by atoms with van der Waals surface area (Å²) >= 11 is 0. The summed E-state index contributed by atoms with van der Waals surface area (Å²) in [7, 11) is 1.64. The minimum Gasteiger partial charge on any atom is -0.497 e. The van der Waals surface area contributed by atoms with Gasteiger partial charge in [0.05, 0.1) is 7.11 Å². The number of rotatable bonds is 8. The summed E-state index contributed by atoms with van der Waals surface area (Å²) in [6.07, 6.45) is 6.48. The van der Waals surface area contributed by atoms with E-state index in [9.17, 15) is 4.79 Å². The molecule has 1 N–H and O–H groups in total. The molecule has 0 bridgehead atoms. The van der Waals surface area contributed by atoms with Gasteiger partial charge in [-0.25, -0.2) is 0 Å². The van der Waals surface area contributed by atoms with Crippen LogP contribution in [0.15, 0.2) is 47.2 Å². The van der Waals surface area contributed by atoms with Gasteiger partial charge in [-0.2, -0.15) is 4.98 Å². The molecule has 2 fully saturated rings. The number of nitrogens with zero attached hydrogens (tertiary/aromatic N) is 5. The molecule has 1 atom stereocenters. The Morgan fingerprint density at radius 2 is 1.94 bits per heavy atom. The van der Waals surface area contributed by atoms with Crippen LogP contribution < -0.4 is 15.0 Å². The number of benzene rings is 1. The molecule has 36 heavy (non-hydrogen) atoms. The van der Waals surface area contributed by atoms with Gasteiger partial charge in [0, 0.05) is 56.6 Å². The SMILES string of the molecule is COc1ccc(-c2noc(N3CCC(C(=O)NCC4CCN(Cc5cnccc5C)C4)CC3)n2)cc1. The van der Waals surface area contributed by atoms with E-state index in [-0.39, 0.29) is 11.8 Å². The number of amides is 1. The molecule has 5 rings (SSSR count). The van der Waals surface area contributed by atoms with E-state index in [1.807, 2.05) is 36.7 Å². The number of aryl methyl sites for hydroxylation is 1. The molecule has 1 aromatic carbocycles. The van der Waals surface area contributed by atoms with Crippen LogP contribution in [0.2, 0.25) is 0 Å². The first kappa shape index (κ1) is 24.2. The number of methoxy groups -OCH3 is 1. The van der Waals surface area contributed by atoms with Gasteiger partial charge >= 0.3 is 6.01 Å². The Bertz CT molecular complexity index is 1160. The topological polar surface area (TPSA) is 96.6 Å². The van der Waals surface area contributed by atoms with Crippen molar-refractivity contribution in [3.63, 3.8) is 0 Å². The van der Waals surface area contributed by atoms with Gasteiger partial charge in [-0.1, -0.05) is 5.16 Å². The molecular weight excluding hydrogens is 456 g/mol. The highest BCUT2D eigenvalue weighted by Crippen LogP contribution is 2.26. The number of ether oxygens (including phenoxy) is 1. The number of piperidine rings is 1. The van der Waals surface area contributed by atoms with Crippen LogP contribution in [0.25, 0.3) is 11.4 Å². The van der Waals surface area contributed by atoms with Crippen LogP contribution in [0.4, 0.5) is 6.01 Å². The van der Waals surface area contributed by atoms with Crippen molar-refractivity contribution in [3.8, 4) is 17.1 Å². The Morgan fingerprint density at radius 3 is 2.69 bits per heavy atom. The lowest BCUT2D eigenvalue weighted by molar-refractivity contribution is -0.125. The highest BCUT2D eigenvalue weighted by molar-refractivity contribution is 5.79. The third-order valence-electron chi connectivity index (χ3n) is 7.38. The number of likely N-dealkylation sites (tertiary alicyclic amines) is 1. The molecule has 1 amide bonds. The molecule has 4 heterocycles. The first-order chi connectivity index (χ1) is 17.6. The van der Waals surface area contributed by atoms with Crippen LogP contribution >= 0.6 is 0 Å². The van der Waals surface area contributed by atoms with Gasteiger partial charge in [-0.05, 0) is 80.1 Å². The maximum Gasteiger partial charge on any atom is 0.324 e. The second kappa shape index (κ2) is 11.1. The molecule has 2 aliphatic heterocycles. The zero-order chi connectivity index (χ0) is 24.9. The molecular formula is C27H34N6O3. The number of carbonyl (C=O) groups excluding carboxylic acids is 1. The summed E-state index contributed by atoms with van der Waals surface area (Å²) < 4.78 is 10.7. The molecule has 3 aromatic rings. The molecule has 0 radical (unpaired) electrons. The molecule has 9 nitrogen and oxygen atoms in total. The summed E-state index contributed by atoms with van der Waals surface area (Å²) in [6, 6.07) is 10.1. The van der Waals surface area contributed by atoms with Crippen molar-refractivity contribution in [1.29, 1.82) is 0 Å². The predicted molar refractivity (Wildman–Crippen MR) is 137 cm³/mol. The largest absolute Gasteiger partial charge is 0.497 e. The summed E-state index contributed by atoms with van der Waals surface area (Å²) in [4.78, 5) is 26.2. The third-order valence-corrected chi connectivity index (χ3v) is 7.38. The van der Waals surface area contributed by atoms with Crippen molar-refractivity contribution in [3.05, 3.63) is 53.9 Å². The maximum atomic E-state index is 12.8. The first-order valence-electron chi connectivity index (χ1n) is 12.7. The molecule has 2 aliphatic rings. The number of pyridine rings is 1.